The average molecular weight is 448 g/mol. The first-order valence-corrected chi connectivity index (χ1v) is 9.14. The van der Waals surface area contributed by atoms with E-state index in [1.54, 1.807) is 42.5 Å². The minimum Gasteiger partial charge on any atom is -0.497 e. The molecule has 2 aromatic rings. The van der Waals surface area contributed by atoms with Gasteiger partial charge in [0, 0.05) is 10.5 Å². The first-order chi connectivity index (χ1) is 13.5. The fourth-order valence-corrected chi connectivity index (χ4v) is 3.30. The maximum absolute atomic E-state index is 12.8. The SMILES string of the molecule is COc1ccc(OC)c(N2C(=O)C[C@H](NNC(=O)c3ccccc3Br)C2=O)c1. The maximum atomic E-state index is 12.8. The number of halogens is 1. The van der Waals surface area contributed by atoms with Crippen molar-refractivity contribution in [1.82, 2.24) is 10.9 Å². The quantitative estimate of drug-likeness (QED) is 0.519. The average Bonchev–Trinajstić information content (AvgIpc) is 2.99. The Morgan fingerprint density at radius 2 is 1.89 bits per heavy atom. The van der Waals surface area contributed by atoms with Gasteiger partial charge in [0.15, 0.2) is 0 Å². The van der Waals surface area contributed by atoms with Crippen molar-refractivity contribution in [3.05, 3.63) is 52.5 Å². The van der Waals surface area contributed by atoms with Crippen LogP contribution in [0.1, 0.15) is 16.8 Å². The third-order valence-electron chi connectivity index (χ3n) is 4.25. The Kier molecular flexibility index (Phi) is 5.96. The lowest BCUT2D eigenvalue weighted by Crippen LogP contribution is -2.48. The normalized spacial score (nSPS) is 16.2. The Labute approximate surface area is 169 Å². The van der Waals surface area contributed by atoms with Crippen LogP contribution in [0.2, 0.25) is 0 Å². The number of hydrogen-bond acceptors (Lipinski definition) is 6. The number of anilines is 1. The molecule has 2 aromatic carbocycles. The van der Waals surface area contributed by atoms with E-state index in [1.165, 1.54) is 14.2 Å². The number of methoxy groups -OCH3 is 2. The van der Waals surface area contributed by atoms with Gasteiger partial charge in [0.25, 0.3) is 11.8 Å². The molecule has 1 saturated heterocycles. The molecule has 9 heteroatoms. The monoisotopic (exact) mass is 447 g/mol. The van der Waals surface area contributed by atoms with E-state index in [-0.39, 0.29) is 6.42 Å². The van der Waals surface area contributed by atoms with E-state index < -0.39 is 23.8 Å². The van der Waals surface area contributed by atoms with Gasteiger partial charge in [0.2, 0.25) is 5.91 Å². The molecule has 1 aliphatic heterocycles. The number of nitrogens with zero attached hydrogens (tertiary/aromatic N) is 1. The molecule has 1 atom stereocenters. The predicted molar refractivity (Wildman–Crippen MR) is 105 cm³/mol. The summed E-state index contributed by atoms with van der Waals surface area (Å²) in [5.41, 5.74) is 5.82. The van der Waals surface area contributed by atoms with E-state index in [4.69, 9.17) is 9.47 Å². The number of carbonyl (C=O) groups excluding carboxylic acids is 3. The van der Waals surface area contributed by atoms with Gasteiger partial charge < -0.3 is 9.47 Å². The molecule has 28 heavy (non-hydrogen) atoms. The molecule has 0 radical (unpaired) electrons. The Hall–Kier alpha value is -2.91. The van der Waals surface area contributed by atoms with Gasteiger partial charge >= 0.3 is 0 Å². The second-order valence-electron chi connectivity index (χ2n) is 5.94. The summed E-state index contributed by atoms with van der Waals surface area (Å²) in [5, 5.41) is 0. The molecule has 0 spiro atoms. The molecular weight excluding hydrogens is 430 g/mol. The summed E-state index contributed by atoms with van der Waals surface area (Å²) in [6.07, 6.45) is -0.102. The number of hydrogen-bond donors (Lipinski definition) is 2. The number of amides is 3. The molecule has 0 unspecified atom stereocenters. The molecule has 0 bridgehead atoms. The molecule has 3 rings (SSSR count). The molecule has 2 N–H and O–H groups in total. The van der Waals surface area contributed by atoms with Crippen LogP contribution < -0.4 is 25.2 Å². The van der Waals surface area contributed by atoms with Crippen LogP contribution in [0.15, 0.2) is 46.9 Å². The summed E-state index contributed by atoms with van der Waals surface area (Å²) in [7, 11) is 2.94. The van der Waals surface area contributed by atoms with Crippen LogP contribution in [-0.4, -0.2) is 38.0 Å². The van der Waals surface area contributed by atoms with Gasteiger partial charge in [-0.2, -0.15) is 0 Å². The lowest BCUT2D eigenvalue weighted by Gasteiger charge is -2.19. The molecule has 1 heterocycles. The lowest BCUT2D eigenvalue weighted by molar-refractivity contribution is -0.121. The minimum absolute atomic E-state index is 0.102. The van der Waals surface area contributed by atoms with Crippen LogP contribution in [0.3, 0.4) is 0 Å². The third kappa shape index (κ3) is 3.85. The Morgan fingerprint density at radius 1 is 1.14 bits per heavy atom. The third-order valence-corrected chi connectivity index (χ3v) is 4.94. The van der Waals surface area contributed by atoms with Gasteiger partial charge in [-0.15, -0.1) is 0 Å². The van der Waals surface area contributed by atoms with Crippen LogP contribution in [-0.2, 0) is 9.59 Å². The summed E-state index contributed by atoms with van der Waals surface area (Å²) >= 11 is 3.30. The predicted octanol–water partition coefficient (Wildman–Crippen LogP) is 2.03. The molecule has 146 valence electrons. The highest BCUT2D eigenvalue weighted by Crippen LogP contribution is 2.35. The molecular formula is C19H18BrN3O5. The van der Waals surface area contributed by atoms with Gasteiger partial charge in [-0.05, 0) is 40.2 Å². The van der Waals surface area contributed by atoms with Gasteiger partial charge in [0.1, 0.15) is 17.5 Å². The molecule has 8 nitrogen and oxygen atoms in total. The maximum Gasteiger partial charge on any atom is 0.266 e. The fraction of sp³-hybridized carbons (Fsp3) is 0.211. The van der Waals surface area contributed by atoms with E-state index in [2.05, 4.69) is 26.8 Å². The zero-order valence-electron chi connectivity index (χ0n) is 15.2. The molecule has 3 amide bonds. The topological polar surface area (TPSA) is 97.0 Å². The highest BCUT2D eigenvalue weighted by molar-refractivity contribution is 9.10. The molecule has 0 saturated carbocycles. The van der Waals surface area contributed by atoms with E-state index in [1.807, 2.05) is 0 Å². The first kappa shape index (κ1) is 19.8. The van der Waals surface area contributed by atoms with Crippen molar-refractivity contribution in [3.8, 4) is 11.5 Å². The molecule has 0 aromatic heterocycles. The number of hydrazine groups is 1. The van der Waals surface area contributed by atoms with E-state index >= 15 is 0 Å². The zero-order valence-corrected chi connectivity index (χ0v) is 16.8. The highest BCUT2D eigenvalue weighted by Gasteiger charge is 2.41. The van der Waals surface area contributed by atoms with Gasteiger partial charge in [-0.1, -0.05) is 12.1 Å². The van der Waals surface area contributed by atoms with Crippen molar-refractivity contribution in [2.24, 2.45) is 0 Å². The standard InChI is InChI=1S/C19H18BrN3O5/c1-27-11-7-8-16(28-2)15(9-11)23-17(24)10-14(19(23)26)21-22-18(25)12-5-3-4-6-13(12)20/h3-9,14,21H,10H2,1-2H3,(H,22,25)/t14-/m0/s1. The number of carbonyl (C=O) groups is 3. The van der Waals surface area contributed by atoms with Crippen LogP contribution in [0.4, 0.5) is 5.69 Å². The van der Waals surface area contributed by atoms with Crippen molar-refractivity contribution in [2.45, 2.75) is 12.5 Å². The second kappa shape index (κ2) is 8.41. The molecule has 1 aliphatic rings. The van der Waals surface area contributed by atoms with Crippen LogP contribution >= 0.6 is 15.9 Å². The number of nitrogens with one attached hydrogen (secondary N) is 2. The van der Waals surface area contributed by atoms with Crippen molar-refractivity contribution >= 4 is 39.3 Å². The summed E-state index contributed by atoms with van der Waals surface area (Å²) in [6, 6.07) is 10.8. The van der Waals surface area contributed by atoms with Crippen molar-refractivity contribution in [3.63, 3.8) is 0 Å². The fourth-order valence-electron chi connectivity index (χ4n) is 2.83. The summed E-state index contributed by atoms with van der Waals surface area (Å²) in [6.45, 7) is 0. The summed E-state index contributed by atoms with van der Waals surface area (Å²) in [4.78, 5) is 38.6. The Morgan fingerprint density at radius 3 is 2.57 bits per heavy atom. The Balaban J connectivity index is 1.75. The minimum atomic E-state index is -0.894. The highest BCUT2D eigenvalue weighted by atomic mass is 79.9. The number of imide groups is 1. The van der Waals surface area contributed by atoms with E-state index in [0.717, 1.165) is 4.90 Å². The number of rotatable bonds is 6. The smallest absolute Gasteiger partial charge is 0.266 e. The van der Waals surface area contributed by atoms with E-state index in [0.29, 0.717) is 27.2 Å². The molecule has 0 aliphatic carbocycles. The largest absolute Gasteiger partial charge is 0.497 e. The van der Waals surface area contributed by atoms with Crippen LogP contribution in [0.5, 0.6) is 11.5 Å². The van der Waals surface area contributed by atoms with Crippen LogP contribution in [0.25, 0.3) is 0 Å². The zero-order chi connectivity index (χ0) is 20.3. The van der Waals surface area contributed by atoms with Gasteiger partial charge in [-0.25, -0.2) is 10.3 Å². The summed E-state index contributed by atoms with van der Waals surface area (Å²) in [5.74, 6) is -0.492. The first-order valence-electron chi connectivity index (χ1n) is 8.35. The van der Waals surface area contributed by atoms with Crippen molar-refractivity contribution in [2.75, 3.05) is 19.1 Å². The van der Waals surface area contributed by atoms with Crippen molar-refractivity contribution in [1.29, 1.82) is 0 Å². The van der Waals surface area contributed by atoms with Gasteiger partial charge in [0.05, 0.1) is 31.9 Å². The second-order valence-corrected chi connectivity index (χ2v) is 6.79. The van der Waals surface area contributed by atoms with E-state index in [9.17, 15) is 14.4 Å². The lowest BCUT2D eigenvalue weighted by atomic mass is 10.2. The van der Waals surface area contributed by atoms with Crippen LogP contribution in [0, 0.1) is 0 Å². The molecule has 1 fully saturated rings. The summed E-state index contributed by atoms with van der Waals surface area (Å²) < 4.78 is 11.0. The Bertz CT molecular complexity index is 934. The number of ether oxygens (including phenoxy) is 2. The van der Waals surface area contributed by atoms with Crippen molar-refractivity contribution < 1.29 is 23.9 Å². The van der Waals surface area contributed by atoms with Gasteiger partial charge in [-0.3, -0.25) is 19.8 Å². The number of benzene rings is 2.